The number of carboxylic acids is 1. The topological polar surface area (TPSA) is 60.9 Å². The molecule has 1 fully saturated rings. The quantitative estimate of drug-likeness (QED) is 0.758. The monoisotopic (exact) mass is 240 g/mol. The fourth-order valence-corrected chi connectivity index (χ4v) is 2.10. The van der Waals surface area contributed by atoms with Crippen LogP contribution in [0.3, 0.4) is 0 Å². The van der Waals surface area contributed by atoms with E-state index in [0.29, 0.717) is 26.1 Å². The minimum absolute atomic E-state index is 0.195. The number of carboxylic acid groups (broad SMARTS) is 1. The fraction of sp³-hybridized carbons (Fsp3) is 0.667. The lowest BCUT2D eigenvalue weighted by molar-refractivity contribution is -0.143. The van der Waals surface area contributed by atoms with Crippen LogP contribution in [0, 0.1) is 0 Å². The highest BCUT2D eigenvalue weighted by Crippen LogP contribution is 2.18. The Morgan fingerprint density at radius 2 is 2.24 bits per heavy atom. The second kappa shape index (κ2) is 6.27. The van der Waals surface area contributed by atoms with Crippen LogP contribution in [-0.2, 0) is 4.79 Å². The van der Waals surface area contributed by atoms with Crippen molar-refractivity contribution >= 4 is 12.0 Å². The van der Waals surface area contributed by atoms with E-state index >= 15 is 0 Å². The van der Waals surface area contributed by atoms with Gasteiger partial charge in [0.15, 0.2) is 0 Å². The summed E-state index contributed by atoms with van der Waals surface area (Å²) in [6, 6.07) is -0.866. The van der Waals surface area contributed by atoms with Gasteiger partial charge in [0, 0.05) is 19.6 Å². The van der Waals surface area contributed by atoms with E-state index in [4.69, 9.17) is 5.11 Å². The van der Waals surface area contributed by atoms with Gasteiger partial charge in [0.2, 0.25) is 0 Å². The van der Waals surface area contributed by atoms with Crippen LogP contribution >= 0.6 is 0 Å². The lowest BCUT2D eigenvalue weighted by Crippen LogP contribution is -2.53. The van der Waals surface area contributed by atoms with Gasteiger partial charge in [-0.3, -0.25) is 0 Å². The summed E-state index contributed by atoms with van der Waals surface area (Å²) >= 11 is 0. The number of hydrogen-bond donors (Lipinski definition) is 1. The van der Waals surface area contributed by atoms with Crippen LogP contribution in [0.15, 0.2) is 12.7 Å². The summed E-state index contributed by atoms with van der Waals surface area (Å²) in [6.07, 6.45) is 3.95. The Labute approximate surface area is 102 Å². The van der Waals surface area contributed by atoms with Gasteiger partial charge >= 0.3 is 12.0 Å². The highest BCUT2D eigenvalue weighted by molar-refractivity contribution is 5.83. The van der Waals surface area contributed by atoms with Crippen molar-refractivity contribution in [3.05, 3.63) is 12.7 Å². The van der Waals surface area contributed by atoms with Gasteiger partial charge in [0.25, 0.3) is 0 Å². The minimum Gasteiger partial charge on any atom is -0.480 e. The molecule has 5 nitrogen and oxygen atoms in total. The number of rotatable bonds is 4. The van der Waals surface area contributed by atoms with E-state index in [-0.39, 0.29) is 6.03 Å². The van der Waals surface area contributed by atoms with Gasteiger partial charge in [-0.1, -0.05) is 6.08 Å². The summed E-state index contributed by atoms with van der Waals surface area (Å²) in [5.74, 6) is -0.910. The first-order valence-electron chi connectivity index (χ1n) is 6.01. The molecule has 1 aliphatic heterocycles. The number of carbonyl (C=O) groups is 2. The Kier molecular flexibility index (Phi) is 5.00. The van der Waals surface area contributed by atoms with Crippen molar-refractivity contribution in [2.24, 2.45) is 0 Å². The Bertz CT molecular complexity index is 304. The van der Waals surface area contributed by atoms with E-state index < -0.39 is 12.0 Å². The van der Waals surface area contributed by atoms with Gasteiger partial charge in [-0.05, 0) is 26.2 Å². The predicted molar refractivity (Wildman–Crippen MR) is 64.8 cm³/mol. The van der Waals surface area contributed by atoms with E-state index in [1.807, 2.05) is 6.92 Å². The molecule has 0 aromatic rings. The molecule has 1 heterocycles. The Morgan fingerprint density at radius 3 is 2.76 bits per heavy atom. The largest absolute Gasteiger partial charge is 0.480 e. The summed E-state index contributed by atoms with van der Waals surface area (Å²) < 4.78 is 0. The number of hydrogen-bond acceptors (Lipinski definition) is 2. The van der Waals surface area contributed by atoms with Crippen LogP contribution in [0.25, 0.3) is 0 Å². The summed E-state index contributed by atoms with van der Waals surface area (Å²) in [5, 5.41) is 9.11. The van der Waals surface area contributed by atoms with Crippen molar-refractivity contribution < 1.29 is 14.7 Å². The number of carbonyl (C=O) groups excluding carboxylic acids is 1. The average Bonchev–Trinajstić information content (AvgIpc) is 2.35. The average molecular weight is 240 g/mol. The molecule has 0 spiro atoms. The van der Waals surface area contributed by atoms with E-state index in [1.54, 1.807) is 11.0 Å². The van der Waals surface area contributed by atoms with Crippen LogP contribution in [0.1, 0.15) is 26.2 Å². The van der Waals surface area contributed by atoms with Gasteiger partial charge in [-0.2, -0.15) is 0 Å². The smallest absolute Gasteiger partial charge is 0.326 e. The highest BCUT2D eigenvalue weighted by Gasteiger charge is 2.33. The number of amides is 2. The standard InChI is InChI=1S/C12H20N2O3/c1-3-8-13(4-2)12(17)14-9-6-5-7-10(14)11(15)16/h3,10H,1,4-9H2,2H3,(H,15,16). The van der Waals surface area contributed by atoms with Crippen LogP contribution in [-0.4, -0.2) is 52.6 Å². The molecule has 5 heteroatoms. The number of aliphatic carboxylic acids is 1. The lowest BCUT2D eigenvalue weighted by atomic mass is 10.0. The van der Waals surface area contributed by atoms with E-state index in [2.05, 4.69) is 6.58 Å². The normalized spacial score (nSPS) is 19.8. The zero-order valence-corrected chi connectivity index (χ0v) is 10.3. The number of piperidine rings is 1. The van der Waals surface area contributed by atoms with E-state index in [0.717, 1.165) is 12.8 Å². The van der Waals surface area contributed by atoms with E-state index in [1.165, 1.54) is 4.90 Å². The molecule has 0 aromatic heterocycles. The van der Waals surface area contributed by atoms with Gasteiger partial charge in [-0.15, -0.1) is 6.58 Å². The first kappa shape index (κ1) is 13.5. The minimum atomic E-state index is -0.910. The molecule has 1 unspecified atom stereocenters. The number of urea groups is 1. The Hall–Kier alpha value is -1.52. The number of likely N-dealkylation sites (N-methyl/N-ethyl adjacent to an activating group) is 1. The van der Waals surface area contributed by atoms with Crippen LogP contribution in [0.5, 0.6) is 0 Å². The third-order valence-corrected chi connectivity index (χ3v) is 3.04. The molecule has 1 saturated heterocycles. The summed E-state index contributed by atoms with van der Waals surface area (Å²) in [5.41, 5.74) is 0. The van der Waals surface area contributed by atoms with Crippen molar-refractivity contribution in [3.8, 4) is 0 Å². The molecule has 0 aromatic carbocycles. The van der Waals surface area contributed by atoms with Gasteiger partial charge in [0.1, 0.15) is 6.04 Å². The SMILES string of the molecule is C=CCN(CC)C(=O)N1CCCCC1C(=O)O. The molecule has 0 radical (unpaired) electrons. The van der Waals surface area contributed by atoms with Gasteiger partial charge in [0.05, 0.1) is 0 Å². The van der Waals surface area contributed by atoms with Gasteiger partial charge in [-0.25, -0.2) is 9.59 Å². The Morgan fingerprint density at radius 1 is 1.53 bits per heavy atom. The predicted octanol–water partition coefficient (Wildman–Crippen LogP) is 1.55. The summed E-state index contributed by atoms with van der Waals surface area (Å²) in [4.78, 5) is 26.4. The number of likely N-dealkylation sites (tertiary alicyclic amines) is 1. The second-order valence-electron chi connectivity index (χ2n) is 4.15. The molecule has 0 aliphatic carbocycles. The molecular formula is C12H20N2O3. The third kappa shape index (κ3) is 3.22. The summed E-state index contributed by atoms with van der Waals surface area (Å²) in [7, 11) is 0. The van der Waals surface area contributed by atoms with Crippen molar-refractivity contribution in [2.75, 3.05) is 19.6 Å². The number of nitrogens with zero attached hydrogens (tertiary/aromatic N) is 2. The van der Waals surface area contributed by atoms with Crippen LogP contribution < -0.4 is 0 Å². The second-order valence-corrected chi connectivity index (χ2v) is 4.15. The van der Waals surface area contributed by atoms with Crippen molar-refractivity contribution in [1.82, 2.24) is 9.80 Å². The molecule has 0 saturated carbocycles. The van der Waals surface area contributed by atoms with Crippen molar-refractivity contribution in [2.45, 2.75) is 32.2 Å². The molecule has 1 N–H and O–H groups in total. The lowest BCUT2D eigenvalue weighted by Gasteiger charge is -2.36. The molecule has 0 bridgehead atoms. The van der Waals surface area contributed by atoms with E-state index in [9.17, 15) is 9.59 Å². The molecule has 1 rings (SSSR count). The molecule has 2 amide bonds. The third-order valence-electron chi connectivity index (χ3n) is 3.04. The maximum atomic E-state index is 12.2. The Balaban J connectivity index is 2.76. The van der Waals surface area contributed by atoms with Crippen molar-refractivity contribution in [1.29, 1.82) is 0 Å². The molecule has 1 aliphatic rings. The maximum absolute atomic E-state index is 12.2. The summed E-state index contributed by atoms with van der Waals surface area (Å²) in [6.45, 7) is 7.03. The van der Waals surface area contributed by atoms with Gasteiger partial charge < -0.3 is 14.9 Å². The fourth-order valence-electron chi connectivity index (χ4n) is 2.10. The highest BCUT2D eigenvalue weighted by atomic mass is 16.4. The van der Waals surface area contributed by atoms with Crippen molar-refractivity contribution in [3.63, 3.8) is 0 Å². The molecule has 96 valence electrons. The molecule has 17 heavy (non-hydrogen) atoms. The van der Waals surface area contributed by atoms with Crippen LogP contribution in [0.2, 0.25) is 0 Å². The molecular weight excluding hydrogens is 220 g/mol. The first-order chi connectivity index (χ1) is 8.11. The maximum Gasteiger partial charge on any atom is 0.326 e. The molecule has 1 atom stereocenters. The first-order valence-corrected chi connectivity index (χ1v) is 6.01. The zero-order chi connectivity index (χ0) is 12.8. The van der Waals surface area contributed by atoms with Crippen LogP contribution in [0.4, 0.5) is 4.79 Å². The zero-order valence-electron chi connectivity index (χ0n) is 10.3.